The second-order valence-electron chi connectivity index (χ2n) is 7.71. The largest absolute Gasteiger partial charge is 0.462 e. The summed E-state index contributed by atoms with van der Waals surface area (Å²) in [4.78, 5) is 20.2. The Morgan fingerprint density at radius 2 is 1.66 bits per heavy atom. The van der Waals surface area contributed by atoms with Crippen LogP contribution in [0.5, 0.6) is 0 Å². The van der Waals surface area contributed by atoms with E-state index in [4.69, 9.17) is 44.5 Å². The maximum atomic E-state index is 12.9. The van der Waals surface area contributed by atoms with Crippen molar-refractivity contribution in [3.8, 4) is 22.4 Å². The van der Waals surface area contributed by atoms with Gasteiger partial charge in [0.05, 0.1) is 23.6 Å². The Labute approximate surface area is 203 Å². The number of aromatic nitrogens is 1. The molecule has 0 amide bonds. The summed E-state index contributed by atoms with van der Waals surface area (Å²) in [5.74, 6) is -0.386. The lowest BCUT2D eigenvalue weighted by atomic mass is 9.96. The van der Waals surface area contributed by atoms with Crippen molar-refractivity contribution in [2.24, 2.45) is 0 Å². The summed E-state index contributed by atoms with van der Waals surface area (Å²) in [7, 11) is 0. The molecule has 0 unspecified atom stereocenters. The zero-order valence-corrected chi connectivity index (χ0v) is 20.0. The van der Waals surface area contributed by atoms with Crippen LogP contribution in [0.2, 0.25) is 15.1 Å². The van der Waals surface area contributed by atoms with Crippen LogP contribution in [0.4, 0.5) is 0 Å². The quantitative estimate of drug-likeness (QED) is 0.345. The van der Waals surface area contributed by atoms with Gasteiger partial charge in [-0.3, -0.25) is 4.90 Å². The van der Waals surface area contributed by atoms with Crippen molar-refractivity contribution >= 4 is 40.8 Å². The van der Waals surface area contributed by atoms with Crippen molar-refractivity contribution in [3.05, 3.63) is 74.9 Å². The summed E-state index contributed by atoms with van der Waals surface area (Å²) >= 11 is 18.8. The standard InChI is InChI=1S/C25H23Cl3N2O2/c1-2-32-25(31)21-14-20(19-10-9-18(27)13-22(19)28)24(16-5-7-17(26)8-6-16)29-23(21)15-30-11-3-4-12-30/h5-10,13-14H,2-4,11-12,15H2,1H3. The summed E-state index contributed by atoms with van der Waals surface area (Å²) in [5, 5.41) is 1.66. The molecule has 166 valence electrons. The van der Waals surface area contributed by atoms with Crippen molar-refractivity contribution in [3.63, 3.8) is 0 Å². The molecule has 0 aliphatic carbocycles. The first-order valence-corrected chi connectivity index (χ1v) is 11.7. The van der Waals surface area contributed by atoms with Gasteiger partial charge < -0.3 is 4.74 Å². The van der Waals surface area contributed by atoms with E-state index in [9.17, 15) is 4.79 Å². The van der Waals surface area contributed by atoms with Crippen LogP contribution in [0.15, 0.2) is 48.5 Å². The fraction of sp³-hybridized carbons (Fsp3) is 0.280. The van der Waals surface area contributed by atoms with E-state index in [1.807, 2.05) is 36.4 Å². The van der Waals surface area contributed by atoms with Gasteiger partial charge in [-0.1, -0.05) is 53.0 Å². The molecule has 1 fully saturated rings. The fourth-order valence-corrected chi connectivity index (χ4v) is 4.59. The van der Waals surface area contributed by atoms with Crippen molar-refractivity contribution < 1.29 is 9.53 Å². The Morgan fingerprint density at radius 1 is 0.969 bits per heavy atom. The molecule has 0 spiro atoms. The van der Waals surface area contributed by atoms with E-state index in [0.29, 0.717) is 32.9 Å². The van der Waals surface area contributed by atoms with Crippen molar-refractivity contribution in [2.45, 2.75) is 26.3 Å². The minimum atomic E-state index is -0.386. The number of halogens is 3. The van der Waals surface area contributed by atoms with Crippen LogP contribution in [0.25, 0.3) is 22.4 Å². The third-order valence-electron chi connectivity index (χ3n) is 5.51. The molecule has 2 heterocycles. The van der Waals surface area contributed by atoms with E-state index in [1.165, 1.54) is 0 Å². The minimum absolute atomic E-state index is 0.290. The summed E-state index contributed by atoms with van der Waals surface area (Å²) < 4.78 is 5.37. The highest BCUT2D eigenvalue weighted by molar-refractivity contribution is 6.36. The van der Waals surface area contributed by atoms with Gasteiger partial charge in [0.15, 0.2) is 0 Å². The van der Waals surface area contributed by atoms with E-state index in [0.717, 1.165) is 48.3 Å². The van der Waals surface area contributed by atoms with Crippen LogP contribution >= 0.6 is 34.8 Å². The normalized spacial score (nSPS) is 14.0. The number of nitrogens with zero attached hydrogens (tertiary/aromatic N) is 2. The molecule has 7 heteroatoms. The number of esters is 1. The van der Waals surface area contributed by atoms with E-state index in [2.05, 4.69) is 4.90 Å². The van der Waals surface area contributed by atoms with Crippen molar-refractivity contribution in [2.75, 3.05) is 19.7 Å². The topological polar surface area (TPSA) is 42.4 Å². The first-order valence-electron chi connectivity index (χ1n) is 10.6. The molecule has 1 aliphatic heterocycles. The number of hydrogen-bond acceptors (Lipinski definition) is 4. The first-order chi connectivity index (χ1) is 15.5. The fourth-order valence-electron chi connectivity index (χ4n) is 3.95. The summed E-state index contributed by atoms with van der Waals surface area (Å²) in [6.07, 6.45) is 2.30. The zero-order valence-electron chi connectivity index (χ0n) is 17.7. The SMILES string of the molecule is CCOC(=O)c1cc(-c2ccc(Cl)cc2Cl)c(-c2ccc(Cl)cc2)nc1CN1CCCC1. The van der Waals surface area contributed by atoms with Gasteiger partial charge in [-0.15, -0.1) is 0 Å². The molecule has 4 nitrogen and oxygen atoms in total. The lowest BCUT2D eigenvalue weighted by molar-refractivity contribution is 0.0523. The Morgan fingerprint density at radius 3 is 2.31 bits per heavy atom. The Balaban J connectivity index is 1.93. The number of likely N-dealkylation sites (tertiary alicyclic amines) is 1. The highest BCUT2D eigenvalue weighted by atomic mass is 35.5. The Bertz CT molecular complexity index is 1130. The first kappa shape index (κ1) is 23.1. The number of hydrogen-bond donors (Lipinski definition) is 0. The predicted octanol–water partition coefficient (Wildman–Crippen LogP) is 7.15. The molecule has 32 heavy (non-hydrogen) atoms. The molecular weight excluding hydrogens is 467 g/mol. The molecule has 0 atom stereocenters. The molecule has 4 rings (SSSR count). The third kappa shape index (κ3) is 5.10. The van der Waals surface area contributed by atoms with Gasteiger partial charge >= 0.3 is 5.97 Å². The van der Waals surface area contributed by atoms with Gasteiger partial charge in [0.1, 0.15) is 0 Å². The van der Waals surface area contributed by atoms with Crippen LogP contribution in [0.3, 0.4) is 0 Å². The summed E-state index contributed by atoms with van der Waals surface area (Å²) in [6.45, 7) is 4.65. The van der Waals surface area contributed by atoms with Crippen LogP contribution in [-0.4, -0.2) is 35.5 Å². The molecule has 0 saturated carbocycles. The minimum Gasteiger partial charge on any atom is -0.462 e. The zero-order chi connectivity index (χ0) is 22.7. The van der Waals surface area contributed by atoms with Gasteiger partial charge in [-0.05, 0) is 63.2 Å². The average Bonchev–Trinajstić information content (AvgIpc) is 3.28. The van der Waals surface area contributed by atoms with E-state index in [1.54, 1.807) is 19.1 Å². The molecule has 1 aromatic heterocycles. The summed E-state index contributed by atoms with van der Waals surface area (Å²) in [6, 6.07) is 14.6. The predicted molar refractivity (Wildman–Crippen MR) is 131 cm³/mol. The van der Waals surface area contributed by atoms with E-state index < -0.39 is 0 Å². The van der Waals surface area contributed by atoms with Crippen molar-refractivity contribution in [1.82, 2.24) is 9.88 Å². The molecule has 0 radical (unpaired) electrons. The number of carbonyl (C=O) groups is 1. The number of pyridine rings is 1. The molecule has 0 N–H and O–H groups in total. The van der Waals surface area contributed by atoms with Crippen LogP contribution in [-0.2, 0) is 11.3 Å². The second kappa shape index (κ2) is 10.2. The van der Waals surface area contributed by atoms with Crippen molar-refractivity contribution in [1.29, 1.82) is 0 Å². The van der Waals surface area contributed by atoms with Crippen LogP contribution in [0, 0.1) is 0 Å². The van der Waals surface area contributed by atoms with Crippen LogP contribution in [0.1, 0.15) is 35.8 Å². The number of carbonyl (C=O) groups excluding carboxylic acids is 1. The van der Waals surface area contributed by atoms with Gasteiger partial charge in [-0.25, -0.2) is 9.78 Å². The van der Waals surface area contributed by atoms with E-state index in [-0.39, 0.29) is 12.6 Å². The highest BCUT2D eigenvalue weighted by Gasteiger charge is 2.23. The van der Waals surface area contributed by atoms with Gasteiger partial charge in [0, 0.05) is 38.3 Å². The maximum Gasteiger partial charge on any atom is 0.340 e. The van der Waals surface area contributed by atoms with Gasteiger partial charge in [-0.2, -0.15) is 0 Å². The Hall–Kier alpha value is -2.11. The molecule has 2 aromatic carbocycles. The smallest absolute Gasteiger partial charge is 0.340 e. The molecule has 0 bridgehead atoms. The second-order valence-corrected chi connectivity index (χ2v) is 8.99. The number of ether oxygens (including phenoxy) is 1. The molecule has 1 saturated heterocycles. The van der Waals surface area contributed by atoms with Gasteiger partial charge in [0.2, 0.25) is 0 Å². The number of rotatable bonds is 6. The molecule has 1 aliphatic rings. The molecule has 3 aromatic rings. The Kier molecular flexibility index (Phi) is 7.37. The average molecular weight is 490 g/mol. The van der Waals surface area contributed by atoms with Gasteiger partial charge in [0.25, 0.3) is 0 Å². The van der Waals surface area contributed by atoms with Crippen LogP contribution < -0.4 is 0 Å². The lowest BCUT2D eigenvalue weighted by Crippen LogP contribution is -2.22. The van der Waals surface area contributed by atoms with E-state index >= 15 is 0 Å². The monoisotopic (exact) mass is 488 g/mol. The lowest BCUT2D eigenvalue weighted by Gasteiger charge is -2.20. The third-order valence-corrected chi connectivity index (χ3v) is 6.31. The maximum absolute atomic E-state index is 12.9. The highest BCUT2D eigenvalue weighted by Crippen LogP contribution is 2.38. The number of benzene rings is 2. The summed E-state index contributed by atoms with van der Waals surface area (Å²) in [5.41, 5.74) is 4.25. The molecular formula is C25H23Cl3N2O2.